The Labute approximate surface area is 158 Å². The third kappa shape index (κ3) is 8.53. The van der Waals surface area contributed by atoms with Gasteiger partial charge in [-0.3, -0.25) is 0 Å². The smallest absolute Gasteiger partial charge is 0.400 e. The highest BCUT2D eigenvalue weighted by atomic mass is 28.3. The van der Waals surface area contributed by atoms with Gasteiger partial charge >= 0.3 is 18.5 Å². The first-order valence-corrected chi connectivity index (χ1v) is 11.8. The van der Waals surface area contributed by atoms with E-state index in [2.05, 4.69) is 0 Å². The average molecular weight is 456 g/mol. The van der Waals surface area contributed by atoms with Crippen molar-refractivity contribution >= 4 is 28.0 Å². The molecule has 1 rings (SSSR count). The van der Waals surface area contributed by atoms with Crippen LogP contribution in [0, 0.1) is 0 Å². The van der Waals surface area contributed by atoms with Gasteiger partial charge in [0.15, 0.2) is 0 Å². The van der Waals surface area contributed by atoms with Crippen molar-refractivity contribution in [3.05, 3.63) is 23.8 Å². The third-order valence-electron chi connectivity index (χ3n) is 3.88. The first-order chi connectivity index (χ1) is 12.7. The van der Waals surface area contributed by atoms with E-state index < -0.39 is 79.1 Å². The van der Waals surface area contributed by atoms with Crippen LogP contribution < -0.4 is 10.4 Å². The molecule has 160 valence electrons. The lowest BCUT2D eigenvalue weighted by molar-refractivity contribution is -0.137. The van der Waals surface area contributed by atoms with Crippen LogP contribution in [-0.4, -0.2) is 52.6 Å². The van der Waals surface area contributed by atoms with Crippen molar-refractivity contribution < 1.29 is 49.7 Å². The number of alkyl halides is 9. The first kappa shape index (κ1) is 25.0. The third-order valence-corrected chi connectivity index (χ3v) is 8.56. The second kappa shape index (κ2) is 9.63. The predicted octanol–water partition coefficient (Wildman–Crippen LogP) is 3.08. The Balaban J connectivity index is 3.27. The summed E-state index contributed by atoms with van der Waals surface area (Å²) in [7, 11) is -4.87. The maximum absolute atomic E-state index is 13.2. The standard InChI is InChI=1S/C15H17F9O2Si2/c16-13(17,18)1-3-27(8-25)11-5-10(15(22,23)24)6-12(7-11)28(9-26)4-2-14(19,20)21/h5-7,25-26H,1-4,8-9H2. The molecule has 13 heteroatoms. The van der Waals surface area contributed by atoms with Crippen molar-refractivity contribution in [3.63, 3.8) is 0 Å². The van der Waals surface area contributed by atoms with Crippen molar-refractivity contribution in [2.75, 3.05) is 12.5 Å². The molecule has 0 aromatic heterocycles. The second-order valence-corrected chi connectivity index (χ2v) is 11.3. The summed E-state index contributed by atoms with van der Waals surface area (Å²) in [5, 5.41) is 18.4. The molecule has 1 aromatic carbocycles. The summed E-state index contributed by atoms with van der Waals surface area (Å²) in [6.07, 6.45) is -18.1. The van der Waals surface area contributed by atoms with Gasteiger partial charge in [-0.2, -0.15) is 39.5 Å². The molecule has 0 unspecified atom stereocenters. The van der Waals surface area contributed by atoms with Crippen LogP contribution in [0.4, 0.5) is 39.5 Å². The van der Waals surface area contributed by atoms with Gasteiger partial charge < -0.3 is 10.2 Å². The highest BCUT2D eigenvalue weighted by Gasteiger charge is 2.35. The van der Waals surface area contributed by atoms with E-state index in [1.165, 1.54) is 0 Å². The van der Waals surface area contributed by atoms with Crippen molar-refractivity contribution in [1.29, 1.82) is 0 Å². The molecule has 2 N–H and O–H groups in total. The Kier molecular flexibility index (Phi) is 8.59. The van der Waals surface area contributed by atoms with E-state index in [0.29, 0.717) is 12.1 Å². The van der Waals surface area contributed by atoms with Crippen LogP contribution in [0.25, 0.3) is 0 Å². The first-order valence-electron chi connectivity index (χ1n) is 7.94. The van der Waals surface area contributed by atoms with Gasteiger partial charge in [0.05, 0.1) is 5.56 Å². The SMILES string of the molecule is OC[Si](CCC(F)(F)F)c1cc([Si](CO)CCC(F)(F)F)cc(C(F)(F)F)c1. The van der Waals surface area contributed by atoms with E-state index in [1.54, 1.807) is 0 Å². The maximum atomic E-state index is 13.2. The van der Waals surface area contributed by atoms with E-state index in [-0.39, 0.29) is 10.4 Å². The zero-order valence-corrected chi connectivity index (χ0v) is 16.3. The summed E-state index contributed by atoms with van der Waals surface area (Å²) in [5.41, 5.74) is -1.22. The highest BCUT2D eigenvalue weighted by Crippen LogP contribution is 2.29. The van der Waals surface area contributed by atoms with Crippen molar-refractivity contribution in [2.24, 2.45) is 0 Å². The van der Waals surface area contributed by atoms with E-state index in [1.807, 2.05) is 0 Å². The molecule has 0 aliphatic heterocycles. The zero-order valence-electron chi connectivity index (χ0n) is 14.3. The topological polar surface area (TPSA) is 40.5 Å². The number of halogens is 9. The van der Waals surface area contributed by atoms with Gasteiger partial charge in [0, 0.05) is 25.3 Å². The molecule has 28 heavy (non-hydrogen) atoms. The van der Waals surface area contributed by atoms with Gasteiger partial charge in [-0.1, -0.05) is 28.6 Å². The Hall–Kier alpha value is -1.06. The molecular weight excluding hydrogens is 439 g/mol. The number of rotatable bonds is 8. The van der Waals surface area contributed by atoms with Gasteiger partial charge in [0.25, 0.3) is 0 Å². The number of aliphatic hydroxyl groups is 2. The van der Waals surface area contributed by atoms with Crippen molar-refractivity contribution in [2.45, 2.75) is 43.5 Å². The molecule has 0 spiro atoms. The van der Waals surface area contributed by atoms with E-state index in [4.69, 9.17) is 0 Å². The predicted molar refractivity (Wildman–Crippen MR) is 87.3 cm³/mol. The van der Waals surface area contributed by atoms with Crippen LogP contribution in [0.1, 0.15) is 18.4 Å². The molecule has 1 aromatic rings. The Morgan fingerprint density at radius 2 is 1.00 bits per heavy atom. The molecular formula is C15H17F9O2Si2. The van der Waals surface area contributed by atoms with Gasteiger partial charge in [-0.15, -0.1) is 0 Å². The number of benzene rings is 1. The van der Waals surface area contributed by atoms with Crippen LogP contribution in [-0.2, 0) is 6.18 Å². The minimum Gasteiger partial charge on any atom is -0.400 e. The van der Waals surface area contributed by atoms with Crippen LogP contribution >= 0.6 is 0 Å². The van der Waals surface area contributed by atoms with Crippen LogP contribution in [0.3, 0.4) is 0 Å². The van der Waals surface area contributed by atoms with E-state index in [0.717, 1.165) is 6.07 Å². The van der Waals surface area contributed by atoms with Crippen molar-refractivity contribution in [1.82, 2.24) is 0 Å². The van der Waals surface area contributed by atoms with Gasteiger partial charge in [0.1, 0.15) is 17.6 Å². The zero-order chi connectivity index (χ0) is 21.8. The van der Waals surface area contributed by atoms with Gasteiger partial charge in [-0.25, -0.2) is 0 Å². The number of hydrogen-bond donors (Lipinski definition) is 2. The fourth-order valence-corrected chi connectivity index (χ4v) is 6.43. The largest absolute Gasteiger partial charge is 0.416 e. The molecule has 2 radical (unpaired) electrons. The summed E-state index contributed by atoms with van der Waals surface area (Å²) in [6.45, 7) is 0. The molecule has 0 aliphatic carbocycles. The maximum Gasteiger partial charge on any atom is 0.416 e. The van der Waals surface area contributed by atoms with Crippen molar-refractivity contribution in [3.8, 4) is 0 Å². The molecule has 0 saturated carbocycles. The Bertz CT molecular complexity index is 585. The summed E-state index contributed by atoms with van der Waals surface area (Å²) in [6, 6.07) is 1.22. The molecule has 0 aliphatic rings. The highest BCUT2D eigenvalue weighted by molar-refractivity contribution is 6.76. The minimum absolute atomic E-state index is 0.149. The molecule has 0 bridgehead atoms. The fourth-order valence-electron chi connectivity index (χ4n) is 2.41. The molecule has 0 heterocycles. The summed E-state index contributed by atoms with van der Waals surface area (Å²) in [4.78, 5) is 0. The van der Waals surface area contributed by atoms with E-state index >= 15 is 0 Å². The molecule has 0 amide bonds. The summed E-state index contributed by atoms with van der Waals surface area (Å²) in [5.74, 6) is 0. The van der Waals surface area contributed by atoms with Gasteiger partial charge in [0.2, 0.25) is 0 Å². The van der Waals surface area contributed by atoms with Crippen LogP contribution in [0.2, 0.25) is 12.1 Å². The Morgan fingerprint density at radius 3 is 1.25 bits per heavy atom. The minimum atomic E-state index is -4.87. The molecule has 0 atom stereocenters. The number of aliphatic hydroxyl groups excluding tert-OH is 2. The lowest BCUT2D eigenvalue weighted by Gasteiger charge is -2.21. The van der Waals surface area contributed by atoms with Gasteiger partial charge in [-0.05, 0) is 12.1 Å². The number of hydrogen-bond acceptors (Lipinski definition) is 2. The van der Waals surface area contributed by atoms with Crippen LogP contribution in [0.15, 0.2) is 18.2 Å². The average Bonchev–Trinajstić information content (AvgIpc) is 2.53. The Morgan fingerprint density at radius 1 is 0.643 bits per heavy atom. The normalized spacial score (nSPS) is 13.6. The fraction of sp³-hybridized carbons (Fsp3) is 0.600. The summed E-state index contributed by atoms with van der Waals surface area (Å²) >= 11 is 0. The quantitative estimate of drug-likeness (QED) is 0.466. The lowest BCUT2D eigenvalue weighted by Crippen LogP contribution is -2.43. The molecule has 0 fully saturated rings. The van der Waals surface area contributed by atoms with E-state index in [9.17, 15) is 49.7 Å². The molecule has 0 saturated heterocycles. The van der Waals surface area contributed by atoms with Crippen LogP contribution in [0.5, 0.6) is 0 Å². The molecule has 2 nitrogen and oxygen atoms in total. The monoisotopic (exact) mass is 456 g/mol. The second-order valence-electron chi connectivity index (χ2n) is 6.05. The summed E-state index contributed by atoms with van der Waals surface area (Å²) < 4.78 is 114. The lowest BCUT2D eigenvalue weighted by atomic mass is 10.2.